The lowest BCUT2D eigenvalue weighted by Gasteiger charge is -2.29. The Labute approximate surface area is 221 Å². The largest absolute Gasteiger partial charge is 0.345 e. The van der Waals surface area contributed by atoms with Crippen molar-refractivity contribution in [2.45, 2.75) is 33.0 Å². The predicted molar refractivity (Wildman–Crippen MR) is 146 cm³/mol. The molecular formula is C31H28FN4O2. The summed E-state index contributed by atoms with van der Waals surface area (Å²) < 4.78 is 16.7. The molecule has 0 aliphatic carbocycles. The summed E-state index contributed by atoms with van der Waals surface area (Å²) in [7, 11) is 0. The molecule has 38 heavy (non-hydrogen) atoms. The Morgan fingerprint density at radius 1 is 0.947 bits per heavy atom. The highest BCUT2D eigenvalue weighted by Crippen LogP contribution is 2.32. The van der Waals surface area contributed by atoms with Crippen LogP contribution >= 0.6 is 0 Å². The molecular weight excluding hydrogens is 479 g/mol. The Morgan fingerprint density at radius 3 is 2.68 bits per heavy atom. The number of hydrogen-bond acceptors (Lipinski definition) is 2. The van der Waals surface area contributed by atoms with Crippen molar-refractivity contribution in [2.24, 2.45) is 0 Å². The van der Waals surface area contributed by atoms with Gasteiger partial charge in [0.05, 0.1) is 12.2 Å². The summed E-state index contributed by atoms with van der Waals surface area (Å²) in [4.78, 5) is 30.0. The normalized spacial score (nSPS) is 14.3. The number of nitrogens with one attached hydrogen (secondary N) is 1. The van der Waals surface area contributed by atoms with Gasteiger partial charge in [0.25, 0.3) is 5.91 Å². The van der Waals surface area contributed by atoms with E-state index in [4.69, 9.17) is 0 Å². The van der Waals surface area contributed by atoms with E-state index in [1.807, 2.05) is 79.0 Å². The zero-order valence-corrected chi connectivity index (χ0v) is 21.2. The molecule has 0 saturated heterocycles. The minimum atomic E-state index is -0.407. The van der Waals surface area contributed by atoms with Gasteiger partial charge in [-0.05, 0) is 78.4 Å². The van der Waals surface area contributed by atoms with E-state index in [0.717, 1.165) is 40.2 Å². The van der Waals surface area contributed by atoms with E-state index >= 15 is 0 Å². The number of urea groups is 1. The molecule has 1 radical (unpaired) electrons. The average Bonchev–Trinajstić information content (AvgIpc) is 3.30. The molecule has 6 nitrogen and oxygen atoms in total. The van der Waals surface area contributed by atoms with Gasteiger partial charge in [-0.3, -0.25) is 9.69 Å². The molecule has 3 aromatic carbocycles. The molecule has 0 saturated carbocycles. The predicted octanol–water partition coefficient (Wildman–Crippen LogP) is 5.82. The molecule has 1 aromatic heterocycles. The van der Waals surface area contributed by atoms with Gasteiger partial charge in [-0.15, -0.1) is 0 Å². The van der Waals surface area contributed by atoms with Crippen molar-refractivity contribution in [3.05, 3.63) is 125 Å². The van der Waals surface area contributed by atoms with Crippen molar-refractivity contribution in [3.63, 3.8) is 0 Å². The third-order valence-corrected chi connectivity index (χ3v) is 7.38. The minimum absolute atomic E-state index is 0.0672. The summed E-state index contributed by atoms with van der Waals surface area (Å²) in [5.41, 5.74) is 6.54. The maximum absolute atomic E-state index is 14.5. The lowest BCUT2D eigenvalue weighted by molar-refractivity contribution is 0.0984. The Bertz CT molecular complexity index is 1540. The maximum atomic E-state index is 14.5. The van der Waals surface area contributed by atoms with Gasteiger partial charge >= 0.3 is 6.03 Å². The molecule has 0 atom stereocenters. The zero-order chi connectivity index (χ0) is 26.2. The zero-order valence-electron chi connectivity index (χ0n) is 21.2. The number of para-hydroxylation sites is 2. The second kappa shape index (κ2) is 9.82. The first kappa shape index (κ1) is 24.0. The van der Waals surface area contributed by atoms with E-state index in [-0.39, 0.29) is 18.5 Å². The van der Waals surface area contributed by atoms with Crippen LogP contribution in [0.15, 0.2) is 79.0 Å². The van der Waals surface area contributed by atoms with Crippen LogP contribution in [0.5, 0.6) is 0 Å². The molecule has 3 amide bonds. The van der Waals surface area contributed by atoms with E-state index in [1.54, 1.807) is 6.07 Å². The molecule has 3 heterocycles. The highest BCUT2D eigenvalue weighted by atomic mass is 19.1. The van der Waals surface area contributed by atoms with Crippen LogP contribution < -0.4 is 15.1 Å². The summed E-state index contributed by atoms with van der Waals surface area (Å²) in [6, 6.07) is 22.1. The van der Waals surface area contributed by atoms with Crippen LogP contribution in [0.2, 0.25) is 0 Å². The highest BCUT2D eigenvalue weighted by Gasteiger charge is 2.27. The summed E-state index contributed by atoms with van der Waals surface area (Å²) in [5.74, 6) is -0.475. The number of amides is 3. The fraction of sp³-hybridized carbons (Fsp3) is 0.194. The molecule has 0 spiro atoms. The molecule has 2 aliphatic rings. The standard InChI is InChI=1S/C31H28FN4O2/c1-21-17-23(30(37)36-20-26-10-6-15-34(26)19-25-7-2-3-12-28(25)36)13-14-24(21)18-33-31(38)35-16-5-9-22-8-4-11-27(32)29(22)35/h2-4,6-15,17H,5,16,18-20H2,1H3,(H,33,38). The van der Waals surface area contributed by atoms with Crippen molar-refractivity contribution in [1.82, 2.24) is 9.88 Å². The second-order valence-electron chi connectivity index (χ2n) is 9.77. The van der Waals surface area contributed by atoms with Gasteiger partial charge < -0.3 is 14.8 Å². The SMILES string of the molecule is Cc1cc(C(=O)N2Cc3cccn3Cc3ccccc32)ccc1CNC(=O)N1CC[CH]c2cccc(F)c21. The average molecular weight is 508 g/mol. The molecule has 1 N–H and O–H groups in total. The summed E-state index contributed by atoms with van der Waals surface area (Å²) >= 11 is 0. The molecule has 0 bridgehead atoms. The number of nitrogens with zero attached hydrogens (tertiary/aromatic N) is 3. The van der Waals surface area contributed by atoms with Crippen LogP contribution in [0, 0.1) is 19.2 Å². The number of aromatic nitrogens is 1. The van der Waals surface area contributed by atoms with Crippen LogP contribution in [0.3, 0.4) is 0 Å². The minimum Gasteiger partial charge on any atom is -0.345 e. The van der Waals surface area contributed by atoms with E-state index < -0.39 is 5.82 Å². The van der Waals surface area contributed by atoms with Gasteiger partial charge in [-0.1, -0.05) is 36.4 Å². The van der Waals surface area contributed by atoms with E-state index in [1.165, 1.54) is 11.0 Å². The lowest BCUT2D eigenvalue weighted by Crippen LogP contribution is -2.42. The Balaban J connectivity index is 1.20. The number of halogens is 1. The van der Waals surface area contributed by atoms with Gasteiger partial charge in [-0.2, -0.15) is 0 Å². The number of fused-ring (bicyclic) bond motifs is 3. The number of aryl methyl sites for hydroxylation is 1. The third kappa shape index (κ3) is 4.34. The van der Waals surface area contributed by atoms with Gasteiger partial charge in [0.15, 0.2) is 0 Å². The molecule has 6 rings (SSSR count). The molecule has 7 heteroatoms. The first-order valence-electron chi connectivity index (χ1n) is 12.8. The highest BCUT2D eigenvalue weighted by molar-refractivity contribution is 6.06. The molecule has 2 aliphatic heterocycles. The third-order valence-electron chi connectivity index (χ3n) is 7.38. The van der Waals surface area contributed by atoms with E-state index in [0.29, 0.717) is 30.8 Å². The van der Waals surface area contributed by atoms with Crippen LogP contribution in [-0.2, 0) is 19.6 Å². The van der Waals surface area contributed by atoms with Crippen molar-refractivity contribution >= 4 is 23.3 Å². The Morgan fingerprint density at radius 2 is 1.82 bits per heavy atom. The molecule has 191 valence electrons. The van der Waals surface area contributed by atoms with E-state index in [2.05, 4.69) is 16.0 Å². The van der Waals surface area contributed by atoms with Gasteiger partial charge in [0.2, 0.25) is 0 Å². The van der Waals surface area contributed by atoms with Crippen LogP contribution in [0.25, 0.3) is 0 Å². The van der Waals surface area contributed by atoms with Crippen molar-refractivity contribution in [3.8, 4) is 0 Å². The molecule has 4 aromatic rings. The number of carbonyl (C=O) groups is 2. The Kier molecular flexibility index (Phi) is 6.19. The summed E-state index contributed by atoms with van der Waals surface area (Å²) in [5, 5.41) is 2.93. The van der Waals surface area contributed by atoms with Crippen LogP contribution in [0.1, 0.15) is 44.7 Å². The monoisotopic (exact) mass is 507 g/mol. The summed E-state index contributed by atoms with van der Waals surface area (Å²) in [6.07, 6.45) is 4.66. The quantitative estimate of drug-likeness (QED) is 0.380. The number of hydrogen-bond donors (Lipinski definition) is 1. The maximum Gasteiger partial charge on any atom is 0.322 e. The van der Waals surface area contributed by atoms with Crippen LogP contribution in [0.4, 0.5) is 20.6 Å². The van der Waals surface area contributed by atoms with Gasteiger partial charge in [0.1, 0.15) is 5.82 Å². The fourth-order valence-corrected chi connectivity index (χ4v) is 5.36. The van der Waals surface area contributed by atoms with Gasteiger partial charge in [0, 0.05) is 42.8 Å². The number of carbonyl (C=O) groups excluding carboxylic acids is 2. The topological polar surface area (TPSA) is 57.6 Å². The number of rotatable bonds is 3. The number of anilines is 2. The van der Waals surface area contributed by atoms with Gasteiger partial charge in [-0.25, -0.2) is 9.18 Å². The first-order valence-corrected chi connectivity index (χ1v) is 12.8. The smallest absolute Gasteiger partial charge is 0.322 e. The molecule has 0 unspecified atom stereocenters. The van der Waals surface area contributed by atoms with Crippen molar-refractivity contribution in [1.29, 1.82) is 0 Å². The fourth-order valence-electron chi connectivity index (χ4n) is 5.36. The molecule has 0 fully saturated rings. The van der Waals surface area contributed by atoms with Crippen LogP contribution in [-0.4, -0.2) is 23.1 Å². The number of benzene rings is 3. The summed E-state index contributed by atoms with van der Waals surface area (Å²) in [6.45, 7) is 3.86. The second-order valence-corrected chi connectivity index (χ2v) is 9.77. The van der Waals surface area contributed by atoms with E-state index in [9.17, 15) is 14.0 Å². The lowest BCUT2D eigenvalue weighted by atomic mass is 10.0. The first-order chi connectivity index (χ1) is 18.5. The van der Waals surface area contributed by atoms with Crippen molar-refractivity contribution in [2.75, 3.05) is 16.3 Å². The Hall–Kier alpha value is -4.39. The van der Waals surface area contributed by atoms with Crippen molar-refractivity contribution < 1.29 is 14.0 Å².